The average Bonchev–Trinajstić information content (AvgIpc) is 1.32. The fourth-order valence-corrected chi connectivity index (χ4v) is 14.5. The standard InChI is InChI=1S/C36H33Cl3N2O4.C34H29Cl3N2O3/c1-43-26-11-9-23(10-12-26)21-40-22-29-28(27-5-2-3-6-30(27)37)19-25(24-13-15-36(16-14-24)44-17-18-45-36)20-33(29)41(35(40)42)34-31(38)7-4-8-32(34)39;1-42-25-15-9-21(10-16-25)19-38-20-28-27(26-5-2-3-6-29(26)35)17-23(22-11-13-24(40)14-12-22)18-32(28)39(34(38)41)33-30(36)7-4-8-31(33)37/h2-12,19-20,24H,13-18,21-22H2,1H3;2-10,15-18,22H,11-14,19-20H2,1H3. The first-order valence-electron chi connectivity index (χ1n) is 29.1. The first kappa shape index (κ1) is 60.5. The predicted molar refractivity (Wildman–Crippen MR) is 348 cm³/mol. The van der Waals surface area contributed by atoms with Gasteiger partial charge in [0.05, 0.1) is 83.4 Å². The van der Waals surface area contributed by atoms with Gasteiger partial charge in [-0.25, -0.2) is 9.59 Å². The van der Waals surface area contributed by atoms with Gasteiger partial charge in [-0.05, 0) is 144 Å². The van der Waals surface area contributed by atoms with Crippen LogP contribution in [-0.2, 0) is 40.4 Å². The van der Waals surface area contributed by atoms with E-state index in [1.807, 2.05) is 102 Å². The van der Waals surface area contributed by atoms with E-state index in [0.29, 0.717) is 99.5 Å². The number of hydrogen-bond acceptors (Lipinski definition) is 7. The van der Waals surface area contributed by atoms with E-state index in [4.69, 9.17) is 88.6 Å². The van der Waals surface area contributed by atoms with Gasteiger partial charge in [-0.2, -0.15) is 0 Å². The summed E-state index contributed by atoms with van der Waals surface area (Å²) in [5.74, 6) is 1.77. The number of amides is 4. The van der Waals surface area contributed by atoms with Crippen molar-refractivity contribution in [1.82, 2.24) is 9.80 Å². The summed E-state index contributed by atoms with van der Waals surface area (Å²) in [6.45, 7) is 2.79. The van der Waals surface area contributed by atoms with Crippen molar-refractivity contribution in [3.8, 4) is 33.8 Å². The number of halogens is 6. The van der Waals surface area contributed by atoms with Crippen molar-refractivity contribution in [2.24, 2.45) is 0 Å². The minimum absolute atomic E-state index is 0.185. The summed E-state index contributed by atoms with van der Waals surface area (Å²) >= 11 is 40.8. The van der Waals surface area contributed by atoms with Crippen LogP contribution in [0.25, 0.3) is 22.3 Å². The number of carbonyl (C=O) groups is 3. The van der Waals surface area contributed by atoms with Gasteiger partial charge < -0.3 is 28.7 Å². The lowest BCUT2D eigenvalue weighted by Gasteiger charge is -2.40. The third-order valence-electron chi connectivity index (χ3n) is 17.4. The smallest absolute Gasteiger partial charge is 0.329 e. The normalized spacial score (nSPS) is 16.9. The molecule has 0 bridgehead atoms. The molecule has 1 saturated heterocycles. The number of urea groups is 2. The molecule has 13 rings (SSSR count). The predicted octanol–water partition coefficient (Wildman–Crippen LogP) is 19.8. The Morgan fingerprint density at radius 1 is 0.460 bits per heavy atom. The first-order chi connectivity index (χ1) is 42.2. The van der Waals surface area contributed by atoms with Crippen LogP contribution in [0.2, 0.25) is 30.1 Å². The molecule has 3 heterocycles. The Kier molecular flexibility index (Phi) is 18.2. The van der Waals surface area contributed by atoms with Crippen LogP contribution in [-0.4, -0.2) is 60.9 Å². The fourth-order valence-electron chi connectivity index (χ4n) is 12.8. The number of benzene rings is 8. The molecule has 446 valence electrons. The molecule has 4 amide bonds. The van der Waals surface area contributed by atoms with Gasteiger partial charge in [-0.3, -0.25) is 14.6 Å². The summed E-state index contributed by atoms with van der Waals surface area (Å²) in [6, 6.07) is 49.8. The van der Waals surface area contributed by atoms with E-state index in [9.17, 15) is 14.4 Å². The molecule has 5 aliphatic rings. The minimum atomic E-state index is -0.467. The van der Waals surface area contributed by atoms with Gasteiger partial charge in [-0.15, -0.1) is 0 Å². The van der Waals surface area contributed by atoms with Gasteiger partial charge >= 0.3 is 12.1 Å². The highest BCUT2D eigenvalue weighted by atomic mass is 35.5. The maximum Gasteiger partial charge on any atom is 0.329 e. The maximum atomic E-state index is 14.5. The second kappa shape index (κ2) is 26.1. The van der Waals surface area contributed by atoms with Gasteiger partial charge in [0.2, 0.25) is 0 Å². The maximum absolute atomic E-state index is 14.5. The summed E-state index contributed by atoms with van der Waals surface area (Å²) in [5.41, 5.74) is 12.2. The Morgan fingerprint density at radius 3 is 1.23 bits per heavy atom. The molecule has 2 saturated carbocycles. The zero-order valence-electron chi connectivity index (χ0n) is 48.0. The summed E-state index contributed by atoms with van der Waals surface area (Å²) in [7, 11) is 3.26. The molecule has 0 aromatic heterocycles. The number of anilines is 4. The SMILES string of the molecule is COc1ccc(CN2Cc3c(-c4ccccc4Cl)cc(C4CCC(=O)CC4)cc3N(c3c(Cl)cccc3Cl)C2=O)cc1.COc1ccc(CN2Cc3c(-c4ccccc4Cl)cc(C4CCC5(CC4)OCCO5)cc3N(c3c(Cl)cccc3Cl)C2=O)cc1. The van der Waals surface area contributed by atoms with Crippen molar-refractivity contribution < 1.29 is 33.3 Å². The minimum Gasteiger partial charge on any atom is -0.497 e. The lowest BCUT2D eigenvalue weighted by molar-refractivity contribution is -0.178. The van der Waals surface area contributed by atoms with Crippen molar-refractivity contribution in [3.05, 3.63) is 221 Å². The van der Waals surface area contributed by atoms with E-state index in [1.165, 1.54) is 0 Å². The third kappa shape index (κ3) is 12.5. The molecular weight excluding hydrogens is 1220 g/mol. The number of nitrogens with zero attached hydrogens (tertiary/aromatic N) is 4. The Hall–Kier alpha value is -6.77. The van der Waals surface area contributed by atoms with Crippen LogP contribution in [0.4, 0.5) is 32.3 Å². The Bertz CT molecular complexity index is 3850. The number of hydrogen-bond donors (Lipinski definition) is 0. The van der Waals surface area contributed by atoms with Gasteiger partial charge in [0.1, 0.15) is 17.3 Å². The second-order valence-electron chi connectivity index (χ2n) is 22.6. The van der Waals surface area contributed by atoms with E-state index < -0.39 is 5.79 Å². The van der Waals surface area contributed by atoms with E-state index in [1.54, 1.807) is 65.3 Å². The Balaban J connectivity index is 0.000000170. The Labute approximate surface area is 537 Å². The lowest BCUT2D eigenvalue weighted by atomic mass is 9.79. The number of fused-ring (bicyclic) bond motifs is 2. The lowest BCUT2D eigenvalue weighted by Crippen LogP contribution is -2.45. The molecule has 2 aliphatic carbocycles. The molecule has 87 heavy (non-hydrogen) atoms. The zero-order valence-corrected chi connectivity index (χ0v) is 52.5. The molecule has 0 atom stereocenters. The van der Waals surface area contributed by atoms with E-state index in [0.717, 1.165) is 117 Å². The van der Waals surface area contributed by atoms with Crippen LogP contribution in [0.15, 0.2) is 158 Å². The molecule has 0 radical (unpaired) electrons. The zero-order chi connectivity index (χ0) is 60.5. The van der Waals surface area contributed by atoms with Crippen molar-refractivity contribution in [2.45, 2.75) is 95.2 Å². The van der Waals surface area contributed by atoms with Crippen molar-refractivity contribution in [3.63, 3.8) is 0 Å². The van der Waals surface area contributed by atoms with Crippen LogP contribution >= 0.6 is 69.6 Å². The largest absolute Gasteiger partial charge is 0.497 e. The van der Waals surface area contributed by atoms with Crippen LogP contribution in [0.3, 0.4) is 0 Å². The number of rotatable bonds is 12. The van der Waals surface area contributed by atoms with E-state index >= 15 is 0 Å². The number of methoxy groups -OCH3 is 2. The fraction of sp³-hybridized carbons (Fsp3) is 0.271. The highest BCUT2D eigenvalue weighted by Crippen LogP contribution is 2.52. The molecule has 3 aliphatic heterocycles. The summed E-state index contributed by atoms with van der Waals surface area (Å²) in [5, 5.41) is 2.81. The topological polar surface area (TPSA) is 101 Å². The molecule has 0 unspecified atom stereocenters. The summed E-state index contributed by atoms with van der Waals surface area (Å²) in [4.78, 5) is 48.0. The Morgan fingerprint density at radius 2 is 0.839 bits per heavy atom. The molecule has 11 nitrogen and oxygen atoms in total. The van der Waals surface area contributed by atoms with Crippen LogP contribution in [0.5, 0.6) is 11.5 Å². The van der Waals surface area contributed by atoms with Crippen molar-refractivity contribution in [1.29, 1.82) is 0 Å². The third-order valence-corrected chi connectivity index (χ3v) is 19.2. The van der Waals surface area contributed by atoms with Crippen molar-refractivity contribution >= 4 is 110 Å². The summed E-state index contributed by atoms with van der Waals surface area (Å²) < 4.78 is 22.7. The first-order valence-corrected chi connectivity index (χ1v) is 31.4. The van der Waals surface area contributed by atoms with Gasteiger partial charge in [-0.1, -0.05) is 155 Å². The van der Waals surface area contributed by atoms with Gasteiger partial charge in [0.25, 0.3) is 0 Å². The number of carbonyl (C=O) groups excluding carboxylic acids is 3. The van der Waals surface area contributed by atoms with E-state index in [2.05, 4.69) is 24.3 Å². The monoisotopic (exact) mass is 1280 g/mol. The molecule has 17 heteroatoms. The van der Waals surface area contributed by atoms with Gasteiger partial charge in [0, 0.05) is 71.1 Å². The van der Waals surface area contributed by atoms with Crippen LogP contribution in [0, 0.1) is 0 Å². The quantitative estimate of drug-likeness (QED) is 0.120. The van der Waals surface area contributed by atoms with Crippen molar-refractivity contribution in [2.75, 3.05) is 37.2 Å². The average molecular weight is 1280 g/mol. The molecule has 1 spiro atoms. The molecular formula is C70H62Cl6N4O7. The molecule has 8 aromatic carbocycles. The van der Waals surface area contributed by atoms with Crippen LogP contribution in [0.1, 0.15) is 96.6 Å². The highest BCUT2D eigenvalue weighted by molar-refractivity contribution is 6.41. The molecule has 0 N–H and O–H groups in total. The molecule has 8 aromatic rings. The highest BCUT2D eigenvalue weighted by Gasteiger charge is 2.43. The number of ether oxygens (including phenoxy) is 4. The summed E-state index contributed by atoms with van der Waals surface area (Å²) in [6.07, 6.45) is 6.11. The number of Topliss-reactive ketones (excluding diaryl/α,β-unsaturated/α-hetero) is 1. The van der Waals surface area contributed by atoms with Gasteiger partial charge in [0.15, 0.2) is 5.79 Å². The van der Waals surface area contributed by atoms with E-state index in [-0.39, 0.29) is 23.9 Å². The number of para-hydroxylation sites is 2. The molecule has 3 fully saturated rings. The van der Waals surface area contributed by atoms with Crippen LogP contribution < -0.4 is 19.3 Å². The second-order valence-corrected chi connectivity index (χ2v) is 25.0. The number of ketones is 1.